The Morgan fingerprint density at radius 3 is 2.48 bits per heavy atom. The number of carbonyl (C=O) groups excluding carboxylic acids is 1. The van der Waals surface area contributed by atoms with Gasteiger partial charge < -0.3 is 4.90 Å². The lowest BCUT2D eigenvalue weighted by atomic mass is 10.1. The van der Waals surface area contributed by atoms with Crippen LogP contribution in [0.1, 0.15) is 35.2 Å². The fourth-order valence-corrected chi connectivity index (χ4v) is 4.59. The Bertz CT molecular complexity index is 1560. The Balaban J connectivity index is 1.49. The summed E-state index contributed by atoms with van der Waals surface area (Å²) in [5.41, 5.74) is 1.36. The van der Waals surface area contributed by atoms with E-state index in [-0.39, 0.29) is 23.2 Å². The zero-order chi connectivity index (χ0) is 22.4. The maximum Gasteiger partial charge on any atom is 0.279 e. The van der Waals surface area contributed by atoms with Crippen LogP contribution in [0.5, 0.6) is 0 Å². The van der Waals surface area contributed by atoms with Crippen LogP contribution in [0.15, 0.2) is 83.8 Å². The summed E-state index contributed by atoms with van der Waals surface area (Å²) < 4.78 is 3.24. The van der Waals surface area contributed by atoms with Crippen LogP contribution in [0.2, 0.25) is 0 Å². The van der Waals surface area contributed by atoms with Gasteiger partial charge in [-0.15, -0.1) is 10.2 Å². The number of nitrogens with zero attached hydrogens (tertiary/aromatic N) is 6. The first-order chi connectivity index (χ1) is 16.2. The molecule has 3 aromatic heterocycles. The average Bonchev–Trinajstić information content (AvgIpc) is 3.52. The number of pyridine rings is 1. The van der Waals surface area contributed by atoms with E-state index in [1.165, 1.54) is 4.68 Å². The number of aromatic nitrogens is 5. The van der Waals surface area contributed by atoms with Crippen molar-refractivity contribution in [3.8, 4) is 5.69 Å². The second-order valence-corrected chi connectivity index (χ2v) is 8.09. The number of amides is 1. The van der Waals surface area contributed by atoms with E-state index in [9.17, 15) is 9.59 Å². The minimum absolute atomic E-state index is 0.215. The van der Waals surface area contributed by atoms with E-state index < -0.39 is 0 Å². The van der Waals surface area contributed by atoms with Crippen molar-refractivity contribution in [3.63, 3.8) is 0 Å². The molecule has 162 valence electrons. The Hall–Kier alpha value is -4.33. The summed E-state index contributed by atoms with van der Waals surface area (Å²) in [6.45, 7) is 0.589. The Morgan fingerprint density at radius 2 is 1.64 bits per heavy atom. The normalized spacial score (nSPS) is 16.0. The number of fused-ring (bicyclic) bond motifs is 2. The van der Waals surface area contributed by atoms with Gasteiger partial charge in [0, 0.05) is 18.1 Å². The standard InChI is InChI=1S/C25H20N6O2/c32-24-19-12-5-4-11-18(19)22(28-31(24)17-9-2-1-3-10-17)25(33)29-16-8-13-20(29)23-27-26-21-14-6-7-15-30(21)23/h1-7,9-12,14-15,20H,8,13,16H2. The van der Waals surface area contributed by atoms with Crippen LogP contribution in [0.3, 0.4) is 0 Å². The molecule has 0 spiro atoms. The lowest BCUT2D eigenvalue weighted by Crippen LogP contribution is -2.34. The lowest BCUT2D eigenvalue weighted by molar-refractivity contribution is 0.0723. The van der Waals surface area contributed by atoms with Crippen molar-refractivity contribution in [1.29, 1.82) is 0 Å². The van der Waals surface area contributed by atoms with Gasteiger partial charge in [-0.05, 0) is 43.2 Å². The van der Waals surface area contributed by atoms with Gasteiger partial charge in [-0.25, -0.2) is 0 Å². The van der Waals surface area contributed by atoms with Gasteiger partial charge in [-0.2, -0.15) is 9.78 Å². The molecule has 1 saturated heterocycles. The number of likely N-dealkylation sites (tertiary alicyclic amines) is 1. The number of benzene rings is 2. The predicted molar refractivity (Wildman–Crippen MR) is 123 cm³/mol. The van der Waals surface area contributed by atoms with Crippen molar-refractivity contribution < 1.29 is 4.79 Å². The first-order valence-electron chi connectivity index (χ1n) is 10.9. The molecule has 5 aromatic rings. The van der Waals surface area contributed by atoms with Crippen molar-refractivity contribution in [2.75, 3.05) is 6.54 Å². The van der Waals surface area contributed by atoms with E-state index >= 15 is 0 Å². The van der Waals surface area contributed by atoms with Crippen LogP contribution >= 0.6 is 0 Å². The van der Waals surface area contributed by atoms with Crippen LogP contribution in [0.25, 0.3) is 22.1 Å². The van der Waals surface area contributed by atoms with Crippen LogP contribution in [-0.4, -0.2) is 41.7 Å². The molecule has 0 saturated carbocycles. The zero-order valence-electron chi connectivity index (χ0n) is 17.7. The first-order valence-corrected chi connectivity index (χ1v) is 10.9. The largest absolute Gasteiger partial charge is 0.327 e. The van der Waals surface area contributed by atoms with E-state index in [1.54, 1.807) is 35.2 Å². The van der Waals surface area contributed by atoms with E-state index in [2.05, 4.69) is 15.3 Å². The highest BCUT2D eigenvalue weighted by molar-refractivity contribution is 6.05. The molecular weight excluding hydrogens is 416 g/mol. The second kappa shape index (κ2) is 7.67. The molecule has 1 aliphatic rings. The third kappa shape index (κ3) is 3.10. The van der Waals surface area contributed by atoms with Crippen LogP contribution in [-0.2, 0) is 0 Å². The summed E-state index contributed by atoms with van der Waals surface area (Å²) in [4.78, 5) is 28.9. The Morgan fingerprint density at radius 1 is 0.879 bits per heavy atom. The summed E-state index contributed by atoms with van der Waals surface area (Å²) in [7, 11) is 0. The van der Waals surface area contributed by atoms with E-state index in [4.69, 9.17) is 0 Å². The smallest absolute Gasteiger partial charge is 0.279 e. The fourth-order valence-electron chi connectivity index (χ4n) is 4.59. The maximum atomic E-state index is 13.9. The third-order valence-electron chi connectivity index (χ3n) is 6.16. The summed E-state index contributed by atoms with van der Waals surface area (Å²) >= 11 is 0. The maximum absolute atomic E-state index is 13.9. The highest BCUT2D eigenvalue weighted by Gasteiger charge is 2.35. The summed E-state index contributed by atoms with van der Waals surface area (Å²) in [5, 5.41) is 14.2. The van der Waals surface area contributed by atoms with Gasteiger partial charge in [0.1, 0.15) is 0 Å². The summed E-state index contributed by atoms with van der Waals surface area (Å²) in [5.74, 6) is 0.517. The molecule has 1 fully saturated rings. The van der Waals surface area contributed by atoms with Gasteiger partial charge >= 0.3 is 0 Å². The minimum Gasteiger partial charge on any atom is -0.327 e. The quantitative estimate of drug-likeness (QED) is 0.433. The van der Waals surface area contributed by atoms with Gasteiger partial charge in [-0.3, -0.25) is 14.0 Å². The number of hydrogen-bond donors (Lipinski definition) is 0. The molecule has 4 heterocycles. The molecular formula is C25H20N6O2. The highest BCUT2D eigenvalue weighted by atomic mass is 16.2. The number of rotatable bonds is 3. The van der Waals surface area contributed by atoms with Crippen LogP contribution in [0, 0.1) is 0 Å². The SMILES string of the molecule is O=C(c1nn(-c2ccccc2)c(=O)c2ccccc12)N1CCCC1c1nnc2ccccn12. The van der Waals surface area contributed by atoms with E-state index in [0.717, 1.165) is 24.3 Å². The van der Waals surface area contributed by atoms with Crippen molar-refractivity contribution >= 4 is 22.3 Å². The molecule has 1 atom stereocenters. The fraction of sp³-hybridized carbons (Fsp3) is 0.160. The molecule has 0 N–H and O–H groups in total. The van der Waals surface area contributed by atoms with Crippen molar-refractivity contribution in [2.45, 2.75) is 18.9 Å². The average molecular weight is 436 g/mol. The summed E-state index contributed by atoms with van der Waals surface area (Å²) in [6.07, 6.45) is 3.56. The molecule has 0 aliphatic carbocycles. The second-order valence-electron chi connectivity index (χ2n) is 8.09. The molecule has 1 aliphatic heterocycles. The molecule has 6 rings (SSSR count). The third-order valence-corrected chi connectivity index (χ3v) is 6.16. The zero-order valence-corrected chi connectivity index (χ0v) is 17.7. The van der Waals surface area contributed by atoms with Gasteiger partial charge in [0.2, 0.25) is 0 Å². The lowest BCUT2D eigenvalue weighted by Gasteiger charge is -2.24. The van der Waals surface area contributed by atoms with Gasteiger partial charge in [0.25, 0.3) is 11.5 Å². The number of hydrogen-bond acceptors (Lipinski definition) is 5. The number of carbonyl (C=O) groups is 1. The minimum atomic E-state index is -0.255. The van der Waals surface area contributed by atoms with Crippen molar-refractivity contribution in [2.24, 2.45) is 0 Å². The molecule has 8 nitrogen and oxygen atoms in total. The molecule has 2 aromatic carbocycles. The van der Waals surface area contributed by atoms with Crippen molar-refractivity contribution in [1.82, 2.24) is 29.3 Å². The van der Waals surface area contributed by atoms with Crippen LogP contribution < -0.4 is 5.56 Å². The Kier molecular flexibility index (Phi) is 4.50. The summed E-state index contributed by atoms with van der Waals surface area (Å²) in [6, 6.07) is 21.8. The molecule has 1 amide bonds. The van der Waals surface area contributed by atoms with Gasteiger partial charge in [0.15, 0.2) is 17.2 Å². The van der Waals surface area contributed by atoms with E-state index in [0.29, 0.717) is 23.0 Å². The molecule has 0 radical (unpaired) electrons. The Labute approximate surface area is 188 Å². The molecule has 1 unspecified atom stereocenters. The predicted octanol–water partition coefficient (Wildman–Crippen LogP) is 3.41. The monoisotopic (exact) mass is 436 g/mol. The van der Waals surface area contributed by atoms with Gasteiger partial charge in [0.05, 0.1) is 17.1 Å². The molecule has 33 heavy (non-hydrogen) atoms. The van der Waals surface area contributed by atoms with E-state index in [1.807, 2.05) is 53.1 Å². The van der Waals surface area contributed by atoms with Crippen molar-refractivity contribution in [3.05, 3.63) is 101 Å². The first kappa shape index (κ1) is 19.4. The molecule has 0 bridgehead atoms. The topological polar surface area (TPSA) is 85.4 Å². The highest BCUT2D eigenvalue weighted by Crippen LogP contribution is 2.33. The van der Waals surface area contributed by atoms with Gasteiger partial charge in [-0.1, -0.05) is 42.5 Å². The van der Waals surface area contributed by atoms with Crippen LogP contribution in [0.4, 0.5) is 0 Å². The number of para-hydroxylation sites is 1. The molecule has 8 heteroatoms.